The van der Waals surface area contributed by atoms with Gasteiger partial charge in [-0.2, -0.15) is 0 Å². The summed E-state index contributed by atoms with van der Waals surface area (Å²) in [6.45, 7) is 11.8. The van der Waals surface area contributed by atoms with E-state index in [2.05, 4.69) is 32.8 Å². The van der Waals surface area contributed by atoms with Crippen LogP contribution in [0.5, 0.6) is 0 Å². The molecular weight excluding hydrogens is 314 g/mol. The fourth-order valence-corrected chi connectivity index (χ4v) is 3.81. The molecule has 25 heavy (non-hydrogen) atoms. The van der Waals surface area contributed by atoms with Gasteiger partial charge in [0.05, 0.1) is 0 Å². The third-order valence-electron chi connectivity index (χ3n) is 5.24. The number of nitrogens with zero attached hydrogens (tertiary/aromatic N) is 5. The fourth-order valence-electron chi connectivity index (χ4n) is 3.81. The van der Waals surface area contributed by atoms with Crippen molar-refractivity contribution < 1.29 is 4.79 Å². The second-order valence-electron chi connectivity index (χ2n) is 7.75. The molecule has 0 aromatic carbocycles. The Morgan fingerprint density at radius 2 is 1.76 bits per heavy atom. The molecule has 1 amide bonds. The van der Waals surface area contributed by atoms with Crippen LogP contribution in [0.3, 0.4) is 0 Å². The van der Waals surface area contributed by atoms with Gasteiger partial charge in [-0.25, -0.2) is 9.97 Å². The highest BCUT2D eigenvalue weighted by atomic mass is 16.2. The van der Waals surface area contributed by atoms with Crippen molar-refractivity contribution in [2.45, 2.75) is 40.0 Å². The van der Waals surface area contributed by atoms with Gasteiger partial charge in [0.2, 0.25) is 5.91 Å². The number of rotatable bonds is 3. The van der Waals surface area contributed by atoms with Gasteiger partial charge in [-0.1, -0.05) is 20.8 Å². The lowest BCUT2D eigenvalue weighted by atomic mass is 10.0. The van der Waals surface area contributed by atoms with E-state index < -0.39 is 0 Å². The Balaban J connectivity index is 1.67. The summed E-state index contributed by atoms with van der Waals surface area (Å²) in [7, 11) is 0. The van der Waals surface area contributed by atoms with Crippen molar-refractivity contribution in [1.29, 1.82) is 0 Å². The Kier molecular flexibility index (Phi) is 5.76. The van der Waals surface area contributed by atoms with Crippen LogP contribution in [0.25, 0.3) is 0 Å². The molecule has 0 aliphatic carbocycles. The number of amides is 1. The van der Waals surface area contributed by atoms with Crippen LogP contribution in [0.1, 0.15) is 40.0 Å². The van der Waals surface area contributed by atoms with Crippen LogP contribution in [-0.2, 0) is 4.79 Å². The standard InChI is InChI=1S/C19H31N5O/c1-15(2)19(25)23-9-5-8-22(10-11-23)17-12-18(21-14-20-17)24-7-4-6-16(3)13-24/h12,14-16H,4-11,13H2,1-3H3. The summed E-state index contributed by atoms with van der Waals surface area (Å²) in [5.41, 5.74) is 0. The van der Waals surface area contributed by atoms with Crippen molar-refractivity contribution in [3.8, 4) is 0 Å². The molecule has 0 radical (unpaired) electrons. The Bertz CT molecular complexity index is 591. The van der Waals surface area contributed by atoms with Crippen molar-refractivity contribution in [1.82, 2.24) is 14.9 Å². The van der Waals surface area contributed by atoms with E-state index in [4.69, 9.17) is 0 Å². The zero-order valence-electron chi connectivity index (χ0n) is 15.8. The molecular formula is C19H31N5O. The van der Waals surface area contributed by atoms with E-state index in [0.29, 0.717) is 0 Å². The lowest BCUT2D eigenvalue weighted by Crippen LogP contribution is -2.38. The molecule has 1 atom stereocenters. The van der Waals surface area contributed by atoms with Crippen molar-refractivity contribution in [3.05, 3.63) is 12.4 Å². The Morgan fingerprint density at radius 1 is 1.04 bits per heavy atom. The molecule has 0 spiro atoms. The third-order valence-corrected chi connectivity index (χ3v) is 5.24. The molecule has 1 aromatic heterocycles. The zero-order valence-corrected chi connectivity index (χ0v) is 15.8. The van der Waals surface area contributed by atoms with Gasteiger partial charge in [0.25, 0.3) is 0 Å². The summed E-state index contributed by atoms with van der Waals surface area (Å²) >= 11 is 0. The molecule has 0 bridgehead atoms. The summed E-state index contributed by atoms with van der Waals surface area (Å²) in [4.78, 5) is 28.0. The van der Waals surface area contributed by atoms with E-state index in [-0.39, 0.29) is 11.8 Å². The van der Waals surface area contributed by atoms with Crippen LogP contribution in [0, 0.1) is 11.8 Å². The number of piperidine rings is 1. The molecule has 2 saturated heterocycles. The number of anilines is 2. The zero-order chi connectivity index (χ0) is 17.8. The molecule has 2 fully saturated rings. The van der Waals surface area contributed by atoms with Crippen LogP contribution in [0.4, 0.5) is 11.6 Å². The summed E-state index contributed by atoms with van der Waals surface area (Å²) in [5.74, 6) is 3.07. The van der Waals surface area contributed by atoms with Crippen LogP contribution < -0.4 is 9.80 Å². The predicted octanol–water partition coefficient (Wildman–Crippen LogP) is 2.41. The number of aromatic nitrogens is 2. The molecule has 6 heteroatoms. The molecule has 3 heterocycles. The molecule has 3 rings (SSSR count). The van der Waals surface area contributed by atoms with Crippen molar-refractivity contribution in [2.75, 3.05) is 49.1 Å². The Labute approximate surface area is 151 Å². The van der Waals surface area contributed by atoms with Crippen LogP contribution in [0.2, 0.25) is 0 Å². The highest BCUT2D eigenvalue weighted by Gasteiger charge is 2.23. The monoisotopic (exact) mass is 345 g/mol. The van der Waals surface area contributed by atoms with E-state index >= 15 is 0 Å². The molecule has 1 unspecified atom stereocenters. The lowest BCUT2D eigenvalue weighted by Gasteiger charge is -2.32. The van der Waals surface area contributed by atoms with Crippen LogP contribution in [-0.4, -0.2) is 60.0 Å². The van der Waals surface area contributed by atoms with Crippen molar-refractivity contribution >= 4 is 17.5 Å². The van der Waals surface area contributed by atoms with E-state index in [1.807, 2.05) is 18.7 Å². The second kappa shape index (κ2) is 8.02. The summed E-state index contributed by atoms with van der Waals surface area (Å²) < 4.78 is 0. The number of hydrogen-bond acceptors (Lipinski definition) is 5. The topological polar surface area (TPSA) is 52.6 Å². The van der Waals surface area contributed by atoms with Gasteiger partial charge in [-0.3, -0.25) is 4.79 Å². The average Bonchev–Trinajstić information content (AvgIpc) is 2.87. The minimum atomic E-state index is 0.0679. The maximum atomic E-state index is 12.3. The molecule has 2 aliphatic rings. The molecule has 2 aliphatic heterocycles. The fraction of sp³-hybridized carbons (Fsp3) is 0.737. The van der Waals surface area contributed by atoms with Gasteiger partial charge in [-0.15, -0.1) is 0 Å². The summed E-state index contributed by atoms with van der Waals surface area (Å²) in [6, 6.07) is 2.12. The Morgan fingerprint density at radius 3 is 2.48 bits per heavy atom. The molecule has 0 N–H and O–H groups in total. The molecule has 1 aromatic rings. The first-order valence-corrected chi connectivity index (χ1v) is 9.65. The predicted molar refractivity (Wildman–Crippen MR) is 101 cm³/mol. The summed E-state index contributed by atoms with van der Waals surface area (Å²) in [6.07, 6.45) is 5.21. The normalized spacial score (nSPS) is 22.2. The smallest absolute Gasteiger partial charge is 0.225 e. The second-order valence-corrected chi connectivity index (χ2v) is 7.75. The van der Waals surface area contributed by atoms with E-state index in [1.54, 1.807) is 6.33 Å². The Hall–Kier alpha value is -1.85. The van der Waals surface area contributed by atoms with Gasteiger partial charge < -0.3 is 14.7 Å². The van der Waals surface area contributed by atoms with Gasteiger partial charge in [0, 0.05) is 51.3 Å². The van der Waals surface area contributed by atoms with Gasteiger partial charge in [0.15, 0.2) is 0 Å². The first kappa shape index (κ1) is 18.0. The van der Waals surface area contributed by atoms with Crippen LogP contribution in [0.15, 0.2) is 12.4 Å². The molecule has 138 valence electrons. The lowest BCUT2D eigenvalue weighted by molar-refractivity contribution is -0.134. The van der Waals surface area contributed by atoms with Crippen molar-refractivity contribution in [3.63, 3.8) is 0 Å². The number of carbonyl (C=O) groups excluding carboxylic acids is 1. The first-order chi connectivity index (χ1) is 12.0. The van der Waals surface area contributed by atoms with Gasteiger partial charge >= 0.3 is 0 Å². The summed E-state index contributed by atoms with van der Waals surface area (Å²) in [5, 5.41) is 0. The van der Waals surface area contributed by atoms with E-state index in [1.165, 1.54) is 12.8 Å². The van der Waals surface area contributed by atoms with E-state index in [9.17, 15) is 4.79 Å². The third kappa shape index (κ3) is 4.41. The minimum absolute atomic E-state index is 0.0679. The SMILES string of the molecule is CC1CCCN(c2cc(N3CCCN(C(=O)C(C)C)CC3)ncn2)C1. The van der Waals surface area contributed by atoms with E-state index in [0.717, 1.165) is 63.2 Å². The molecule has 6 nitrogen and oxygen atoms in total. The van der Waals surface area contributed by atoms with Gasteiger partial charge in [0.1, 0.15) is 18.0 Å². The first-order valence-electron chi connectivity index (χ1n) is 9.65. The van der Waals surface area contributed by atoms with Gasteiger partial charge in [-0.05, 0) is 25.2 Å². The quantitative estimate of drug-likeness (QED) is 0.842. The maximum absolute atomic E-state index is 12.3. The number of carbonyl (C=O) groups is 1. The highest BCUT2D eigenvalue weighted by Crippen LogP contribution is 2.24. The van der Waals surface area contributed by atoms with Crippen LogP contribution >= 0.6 is 0 Å². The minimum Gasteiger partial charge on any atom is -0.356 e. The maximum Gasteiger partial charge on any atom is 0.225 e. The average molecular weight is 345 g/mol. The largest absolute Gasteiger partial charge is 0.356 e. The number of hydrogen-bond donors (Lipinski definition) is 0. The molecule has 0 saturated carbocycles. The highest BCUT2D eigenvalue weighted by molar-refractivity contribution is 5.78. The van der Waals surface area contributed by atoms with Crippen molar-refractivity contribution in [2.24, 2.45) is 11.8 Å².